The maximum Gasteiger partial charge on any atom is 1.00 e. The van der Waals surface area contributed by atoms with Gasteiger partial charge >= 0.3 is 29.6 Å². The van der Waals surface area contributed by atoms with Gasteiger partial charge in [0.05, 0.1) is 0 Å². The molecule has 0 rings (SSSR count). The van der Waals surface area contributed by atoms with Crippen molar-refractivity contribution in [2.45, 2.75) is 64.0 Å². The van der Waals surface area contributed by atoms with Gasteiger partial charge in [0, 0.05) is 5.25 Å². The zero-order valence-corrected chi connectivity index (χ0v) is 13.1. The molecule has 0 aromatic carbocycles. The van der Waals surface area contributed by atoms with Crippen molar-refractivity contribution >= 4 is 22.5 Å². The molecule has 0 aliphatic heterocycles. The third-order valence-corrected chi connectivity index (χ3v) is 3.80. The molecule has 0 saturated heterocycles. The minimum Gasteiger partial charge on any atom is -1.00 e. The van der Waals surface area contributed by atoms with Crippen LogP contribution in [0.5, 0.6) is 0 Å². The number of unbranched alkanes of at least 4 members (excludes halogenated alkanes) is 3. The zero-order valence-electron chi connectivity index (χ0n) is 10.4. The zero-order chi connectivity index (χ0) is 9.23. The molecule has 13 heavy (non-hydrogen) atoms. The SMILES string of the molecule is CCCCCCC(CCC)SS.[H-].[Na+]. The number of rotatable bonds is 8. The molecule has 0 aromatic heterocycles. The van der Waals surface area contributed by atoms with Gasteiger partial charge in [0.25, 0.3) is 0 Å². The fourth-order valence-corrected chi connectivity index (χ4v) is 2.62. The van der Waals surface area contributed by atoms with E-state index in [2.05, 4.69) is 25.5 Å². The van der Waals surface area contributed by atoms with Crippen LogP contribution >= 0.6 is 22.5 Å². The van der Waals surface area contributed by atoms with Gasteiger partial charge in [-0.25, -0.2) is 0 Å². The van der Waals surface area contributed by atoms with Crippen molar-refractivity contribution < 1.29 is 31.0 Å². The second kappa shape index (κ2) is 13.7. The van der Waals surface area contributed by atoms with Gasteiger partial charge in [-0.05, 0) is 12.8 Å². The molecule has 0 nitrogen and oxygen atoms in total. The Morgan fingerprint density at radius 2 is 1.77 bits per heavy atom. The van der Waals surface area contributed by atoms with E-state index in [1.165, 1.54) is 44.9 Å². The van der Waals surface area contributed by atoms with Gasteiger partial charge in [-0.15, -0.1) is 11.7 Å². The van der Waals surface area contributed by atoms with Crippen molar-refractivity contribution in [3.63, 3.8) is 0 Å². The summed E-state index contributed by atoms with van der Waals surface area (Å²) in [6.07, 6.45) is 9.54. The van der Waals surface area contributed by atoms with Gasteiger partial charge in [0.15, 0.2) is 0 Å². The van der Waals surface area contributed by atoms with Crippen molar-refractivity contribution in [3.8, 4) is 0 Å². The van der Waals surface area contributed by atoms with Crippen LogP contribution in [-0.2, 0) is 0 Å². The van der Waals surface area contributed by atoms with E-state index < -0.39 is 0 Å². The number of thiol groups is 1. The maximum atomic E-state index is 4.29. The van der Waals surface area contributed by atoms with E-state index in [1.807, 2.05) is 0 Å². The van der Waals surface area contributed by atoms with Gasteiger partial charge in [-0.1, -0.05) is 56.7 Å². The van der Waals surface area contributed by atoms with E-state index >= 15 is 0 Å². The van der Waals surface area contributed by atoms with E-state index in [9.17, 15) is 0 Å². The molecule has 0 amide bonds. The first kappa shape index (κ1) is 17.1. The van der Waals surface area contributed by atoms with Crippen molar-refractivity contribution in [2.75, 3.05) is 0 Å². The molecule has 0 bridgehead atoms. The van der Waals surface area contributed by atoms with Crippen LogP contribution in [0.1, 0.15) is 60.2 Å². The van der Waals surface area contributed by atoms with Crippen LogP contribution in [-0.4, -0.2) is 5.25 Å². The van der Waals surface area contributed by atoms with Crippen molar-refractivity contribution in [3.05, 3.63) is 0 Å². The Labute approximate surface area is 117 Å². The third-order valence-electron chi connectivity index (χ3n) is 2.14. The first-order valence-electron chi connectivity index (χ1n) is 5.15. The smallest absolute Gasteiger partial charge is 1.00 e. The molecule has 1 atom stereocenters. The van der Waals surface area contributed by atoms with Crippen LogP contribution in [0.3, 0.4) is 0 Å². The molecule has 76 valence electrons. The largest absolute Gasteiger partial charge is 1.00 e. The number of hydrogen-bond acceptors (Lipinski definition) is 2. The van der Waals surface area contributed by atoms with Gasteiger partial charge in [0.2, 0.25) is 0 Å². The van der Waals surface area contributed by atoms with Crippen molar-refractivity contribution in [1.29, 1.82) is 0 Å². The predicted molar refractivity (Wildman–Crippen MR) is 65.1 cm³/mol. The average molecular weight is 230 g/mol. The van der Waals surface area contributed by atoms with Gasteiger partial charge in [0.1, 0.15) is 0 Å². The van der Waals surface area contributed by atoms with E-state index in [0.29, 0.717) is 0 Å². The van der Waals surface area contributed by atoms with E-state index in [4.69, 9.17) is 0 Å². The fourth-order valence-electron chi connectivity index (χ4n) is 1.37. The minimum absolute atomic E-state index is 0. The van der Waals surface area contributed by atoms with Crippen molar-refractivity contribution in [1.82, 2.24) is 0 Å². The quantitative estimate of drug-likeness (QED) is 0.287. The van der Waals surface area contributed by atoms with Gasteiger partial charge in [-0.2, -0.15) is 0 Å². The summed E-state index contributed by atoms with van der Waals surface area (Å²) in [6, 6.07) is 0. The molecule has 0 spiro atoms. The second-order valence-electron chi connectivity index (χ2n) is 3.37. The van der Waals surface area contributed by atoms with E-state index in [-0.39, 0.29) is 31.0 Å². The van der Waals surface area contributed by atoms with Crippen LogP contribution in [0.2, 0.25) is 0 Å². The molecule has 0 aliphatic rings. The number of hydrogen-bond donors (Lipinski definition) is 1. The summed E-state index contributed by atoms with van der Waals surface area (Å²) < 4.78 is 0. The third kappa shape index (κ3) is 11.6. The molecule has 3 heteroatoms. The van der Waals surface area contributed by atoms with Gasteiger partial charge in [-0.3, -0.25) is 0 Å². The Balaban J connectivity index is -0.000000605. The summed E-state index contributed by atoms with van der Waals surface area (Å²) >= 11 is 4.29. The summed E-state index contributed by atoms with van der Waals surface area (Å²) in [5, 5.41) is 0.801. The molecule has 0 N–H and O–H groups in total. The molecule has 0 heterocycles. The van der Waals surface area contributed by atoms with Gasteiger partial charge < -0.3 is 1.43 Å². The Morgan fingerprint density at radius 3 is 2.23 bits per heavy atom. The Morgan fingerprint density at radius 1 is 1.08 bits per heavy atom. The van der Waals surface area contributed by atoms with Crippen LogP contribution in [0.25, 0.3) is 0 Å². The molecular weight excluding hydrogens is 207 g/mol. The second-order valence-corrected chi connectivity index (χ2v) is 4.88. The maximum absolute atomic E-state index is 4.29. The molecule has 0 radical (unpaired) electrons. The molecule has 1 unspecified atom stereocenters. The Hall–Kier alpha value is 1.70. The molecular formula is C10H23NaS2. The molecule has 0 aliphatic carbocycles. The van der Waals surface area contributed by atoms with Crippen LogP contribution in [0.4, 0.5) is 0 Å². The summed E-state index contributed by atoms with van der Waals surface area (Å²) in [5.74, 6) is 0. The average Bonchev–Trinajstić information content (AvgIpc) is 2.10. The monoisotopic (exact) mass is 230 g/mol. The Kier molecular flexibility index (Phi) is 18.0. The van der Waals surface area contributed by atoms with Crippen LogP contribution in [0, 0.1) is 0 Å². The standard InChI is InChI=1S/C10H22S2.Na.H/c1-3-5-6-7-9-10(12-11)8-4-2;;/h10-11H,3-9H2,1-2H3;;/q;+1;-1. The predicted octanol–water partition coefficient (Wildman–Crippen LogP) is 1.82. The first-order chi connectivity index (χ1) is 5.85. The normalized spacial score (nSPS) is 12.2. The topological polar surface area (TPSA) is 0 Å². The Bertz CT molecular complexity index is 94.2. The van der Waals surface area contributed by atoms with Crippen LogP contribution in [0.15, 0.2) is 0 Å². The minimum atomic E-state index is 0. The summed E-state index contributed by atoms with van der Waals surface area (Å²) in [5.41, 5.74) is 0. The molecule has 0 fully saturated rings. The fraction of sp³-hybridized carbons (Fsp3) is 1.00. The van der Waals surface area contributed by atoms with Crippen molar-refractivity contribution in [2.24, 2.45) is 0 Å². The molecule has 0 aromatic rings. The molecule has 0 saturated carbocycles. The van der Waals surface area contributed by atoms with Crippen LogP contribution < -0.4 is 29.6 Å². The van der Waals surface area contributed by atoms with E-state index in [1.54, 1.807) is 10.8 Å². The summed E-state index contributed by atoms with van der Waals surface area (Å²) in [4.78, 5) is 0. The summed E-state index contributed by atoms with van der Waals surface area (Å²) in [7, 11) is 1.75. The first-order valence-corrected chi connectivity index (χ1v) is 7.08. The summed E-state index contributed by atoms with van der Waals surface area (Å²) in [6.45, 7) is 4.51. The van der Waals surface area contributed by atoms with E-state index in [0.717, 1.165) is 5.25 Å².